The fourth-order valence-corrected chi connectivity index (χ4v) is 2.12. The largest absolute Gasteiger partial charge is 0.480 e. The van der Waals surface area contributed by atoms with Gasteiger partial charge in [-0.3, -0.25) is 4.79 Å². The van der Waals surface area contributed by atoms with Crippen LogP contribution in [0.3, 0.4) is 0 Å². The molecule has 1 saturated carbocycles. The Morgan fingerprint density at radius 1 is 1.26 bits per heavy atom. The highest BCUT2D eigenvalue weighted by Crippen LogP contribution is 2.20. The van der Waals surface area contributed by atoms with Gasteiger partial charge in [0.05, 0.1) is 0 Å². The molecular formula is C14H29N3O2. The lowest BCUT2D eigenvalue weighted by atomic mass is 10.2. The summed E-state index contributed by atoms with van der Waals surface area (Å²) in [5.41, 5.74) is 0. The van der Waals surface area contributed by atoms with E-state index in [1.807, 2.05) is 0 Å². The molecule has 1 rings (SSSR count). The van der Waals surface area contributed by atoms with Gasteiger partial charge in [-0.05, 0) is 46.3 Å². The highest BCUT2D eigenvalue weighted by molar-refractivity contribution is 5.73. The zero-order valence-electron chi connectivity index (χ0n) is 12.6. The molecule has 0 aromatic carbocycles. The van der Waals surface area contributed by atoms with Crippen molar-refractivity contribution in [2.24, 2.45) is 0 Å². The Morgan fingerprint density at radius 3 is 2.42 bits per heavy atom. The minimum atomic E-state index is -0.712. The van der Waals surface area contributed by atoms with Gasteiger partial charge in [-0.1, -0.05) is 6.92 Å². The maximum atomic E-state index is 11.2. The minimum Gasteiger partial charge on any atom is -0.480 e. The molecule has 2 N–H and O–H groups in total. The van der Waals surface area contributed by atoms with Crippen LogP contribution in [0.25, 0.3) is 0 Å². The molecule has 0 aromatic rings. The quantitative estimate of drug-likeness (QED) is 0.583. The van der Waals surface area contributed by atoms with Gasteiger partial charge in [0.2, 0.25) is 0 Å². The lowest BCUT2D eigenvalue weighted by Crippen LogP contribution is -2.42. The zero-order valence-corrected chi connectivity index (χ0v) is 12.6. The summed E-state index contributed by atoms with van der Waals surface area (Å²) < 4.78 is 0. The first-order chi connectivity index (χ1) is 9.02. The van der Waals surface area contributed by atoms with E-state index >= 15 is 0 Å². The Hall–Kier alpha value is -0.650. The summed E-state index contributed by atoms with van der Waals surface area (Å²) in [7, 11) is 4.14. The maximum Gasteiger partial charge on any atom is 0.320 e. The number of rotatable bonds is 11. The summed E-state index contributed by atoms with van der Waals surface area (Å²) in [6.07, 6.45) is 4.06. The van der Waals surface area contributed by atoms with Gasteiger partial charge >= 0.3 is 5.97 Å². The van der Waals surface area contributed by atoms with Crippen molar-refractivity contribution in [3.8, 4) is 0 Å². The third-order valence-electron chi connectivity index (χ3n) is 3.45. The van der Waals surface area contributed by atoms with Crippen LogP contribution in [0, 0.1) is 0 Å². The van der Waals surface area contributed by atoms with Gasteiger partial charge in [-0.25, -0.2) is 0 Å². The van der Waals surface area contributed by atoms with Crippen LogP contribution in [-0.2, 0) is 4.79 Å². The summed E-state index contributed by atoms with van der Waals surface area (Å²) in [6.45, 7) is 6.10. The number of nitrogens with one attached hydrogen (secondary N) is 1. The molecule has 0 bridgehead atoms. The van der Waals surface area contributed by atoms with E-state index in [9.17, 15) is 9.90 Å². The summed E-state index contributed by atoms with van der Waals surface area (Å²) in [4.78, 5) is 15.7. The first-order valence-corrected chi connectivity index (χ1v) is 7.38. The third kappa shape index (κ3) is 7.50. The van der Waals surface area contributed by atoms with E-state index in [-0.39, 0.29) is 6.04 Å². The van der Waals surface area contributed by atoms with Gasteiger partial charge in [-0.15, -0.1) is 0 Å². The molecule has 1 aliphatic rings. The zero-order chi connectivity index (χ0) is 14.3. The molecule has 112 valence electrons. The number of carboxylic acid groups (broad SMARTS) is 1. The van der Waals surface area contributed by atoms with Crippen LogP contribution in [0.4, 0.5) is 0 Å². The molecule has 1 aliphatic carbocycles. The average Bonchev–Trinajstić information content (AvgIpc) is 3.14. The first kappa shape index (κ1) is 16.4. The molecule has 19 heavy (non-hydrogen) atoms. The number of aliphatic carboxylic acids is 1. The van der Waals surface area contributed by atoms with Crippen LogP contribution in [0.2, 0.25) is 0 Å². The van der Waals surface area contributed by atoms with Gasteiger partial charge < -0.3 is 20.2 Å². The Kier molecular flexibility index (Phi) is 7.34. The Bertz CT molecular complexity index is 267. The lowest BCUT2D eigenvalue weighted by molar-refractivity contribution is -0.139. The third-order valence-corrected chi connectivity index (χ3v) is 3.45. The van der Waals surface area contributed by atoms with Gasteiger partial charge in [0.1, 0.15) is 6.04 Å². The topological polar surface area (TPSA) is 55.8 Å². The molecule has 0 amide bonds. The van der Waals surface area contributed by atoms with E-state index in [0.29, 0.717) is 12.5 Å². The molecule has 1 fully saturated rings. The predicted molar refractivity (Wildman–Crippen MR) is 77.5 cm³/mol. The Balaban J connectivity index is 2.31. The number of nitrogens with zero attached hydrogens (tertiary/aromatic N) is 2. The summed E-state index contributed by atoms with van der Waals surface area (Å²) in [5.74, 6) is -0.712. The van der Waals surface area contributed by atoms with Crippen molar-refractivity contribution in [3.05, 3.63) is 0 Å². The minimum absolute atomic E-state index is 0.383. The normalized spacial score (nSPS) is 17.1. The van der Waals surface area contributed by atoms with Crippen molar-refractivity contribution in [2.45, 2.75) is 44.7 Å². The van der Waals surface area contributed by atoms with Gasteiger partial charge in [0, 0.05) is 25.7 Å². The number of carboxylic acids is 1. The van der Waals surface area contributed by atoms with Gasteiger partial charge in [0.25, 0.3) is 0 Å². The second kappa shape index (κ2) is 8.51. The Labute approximate surface area is 117 Å². The Morgan fingerprint density at radius 2 is 1.95 bits per heavy atom. The molecule has 0 heterocycles. The van der Waals surface area contributed by atoms with Crippen molar-refractivity contribution in [2.75, 3.05) is 40.3 Å². The fourth-order valence-electron chi connectivity index (χ4n) is 2.12. The van der Waals surface area contributed by atoms with Crippen LogP contribution < -0.4 is 5.32 Å². The smallest absolute Gasteiger partial charge is 0.320 e. The van der Waals surface area contributed by atoms with Crippen LogP contribution in [0.1, 0.15) is 32.6 Å². The van der Waals surface area contributed by atoms with E-state index in [4.69, 9.17) is 0 Å². The second-order valence-corrected chi connectivity index (χ2v) is 5.77. The van der Waals surface area contributed by atoms with E-state index in [1.54, 1.807) is 0 Å². The van der Waals surface area contributed by atoms with Crippen molar-refractivity contribution >= 4 is 5.97 Å². The summed E-state index contributed by atoms with van der Waals surface area (Å²) >= 11 is 0. The molecule has 5 nitrogen and oxygen atoms in total. The van der Waals surface area contributed by atoms with Crippen molar-refractivity contribution < 1.29 is 9.90 Å². The predicted octanol–water partition coefficient (Wildman–Crippen LogP) is 0.855. The number of carbonyl (C=O) groups is 1. The summed E-state index contributed by atoms with van der Waals surface area (Å²) in [5, 5.41) is 12.4. The molecule has 0 saturated heterocycles. The highest BCUT2D eigenvalue weighted by Gasteiger charge is 2.28. The molecule has 0 aromatic heterocycles. The van der Waals surface area contributed by atoms with E-state index in [0.717, 1.165) is 45.4 Å². The highest BCUT2D eigenvalue weighted by atomic mass is 16.4. The van der Waals surface area contributed by atoms with Gasteiger partial charge in [-0.2, -0.15) is 0 Å². The molecule has 0 radical (unpaired) electrons. The van der Waals surface area contributed by atoms with Crippen molar-refractivity contribution in [3.63, 3.8) is 0 Å². The SMILES string of the molecule is CCCN(CCC(NC1CC1)C(=O)O)CCN(C)C. The van der Waals surface area contributed by atoms with Crippen LogP contribution in [-0.4, -0.2) is 73.2 Å². The monoisotopic (exact) mass is 271 g/mol. The van der Waals surface area contributed by atoms with E-state index < -0.39 is 5.97 Å². The fraction of sp³-hybridized carbons (Fsp3) is 0.929. The second-order valence-electron chi connectivity index (χ2n) is 5.77. The van der Waals surface area contributed by atoms with E-state index in [1.165, 1.54) is 0 Å². The maximum absolute atomic E-state index is 11.2. The van der Waals surface area contributed by atoms with Crippen LogP contribution >= 0.6 is 0 Å². The summed E-state index contributed by atoms with van der Waals surface area (Å²) in [6, 6.07) is 0.0636. The van der Waals surface area contributed by atoms with Crippen LogP contribution in [0.15, 0.2) is 0 Å². The molecule has 1 unspecified atom stereocenters. The standard InChI is InChI=1S/C14H29N3O2/c1-4-8-17(11-10-16(2)3)9-7-13(14(18)19)15-12-5-6-12/h12-13,15H,4-11H2,1-3H3,(H,18,19). The average molecular weight is 271 g/mol. The molecule has 5 heteroatoms. The first-order valence-electron chi connectivity index (χ1n) is 7.38. The van der Waals surface area contributed by atoms with E-state index in [2.05, 4.69) is 36.1 Å². The van der Waals surface area contributed by atoms with Crippen molar-refractivity contribution in [1.29, 1.82) is 0 Å². The van der Waals surface area contributed by atoms with Crippen LogP contribution in [0.5, 0.6) is 0 Å². The van der Waals surface area contributed by atoms with Gasteiger partial charge in [0.15, 0.2) is 0 Å². The number of likely N-dealkylation sites (N-methyl/N-ethyl adjacent to an activating group) is 1. The molecule has 0 spiro atoms. The molecular weight excluding hydrogens is 242 g/mol. The number of hydrogen-bond donors (Lipinski definition) is 2. The lowest BCUT2D eigenvalue weighted by Gasteiger charge is -2.25. The number of hydrogen-bond acceptors (Lipinski definition) is 4. The molecule has 0 aliphatic heterocycles. The molecule has 1 atom stereocenters. The van der Waals surface area contributed by atoms with Crippen molar-refractivity contribution in [1.82, 2.24) is 15.1 Å².